The Labute approximate surface area is 344 Å². The molecule has 0 aliphatic carbocycles. The molecule has 0 bridgehead atoms. The summed E-state index contributed by atoms with van der Waals surface area (Å²) in [5.74, 6) is -13.4. The Kier molecular flexibility index (Phi) is 14.5. The molecule has 0 radical (unpaired) electrons. The molecule has 0 saturated heterocycles. The van der Waals surface area contributed by atoms with Gasteiger partial charge < -0.3 is 40.9 Å². The third-order valence-electron chi connectivity index (χ3n) is 9.69. The van der Waals surface area contributed by atoms with Crippen LogP contribution in [0, 0.1) is 0 Å². The van der Waals surface area contributed by atoms with E-state index in [1.165, 1.54) is 6.07 Å². The van der Waals surface area contributed by atoms with Gasteiger partial charge in [-0.15, -0.1) is 0 Å². The van der Waals surface area contributed by atoms with Crippen LogP contribution in [0.5, 0.6) is 46.0 Å². The van der Waals surface area contributed by atoms with E-state index in [1.807, 2.05) is 0 Å². The first-order valence-electron chi connectivity index (χ1n) is 17.5. The van der Waals surface area contributed by atoms with Gasteiger partial charge in [0.2, 0.25) is 0 Å². The Morgan fingerprint density at radius 2 is 0.683 bits per heavy atom. The molecule has 0 heterocycles. The fourth-order valence-corrected chi connectivity index (χ4v) is 9.08. The fraction of sp³-hybridized carbons (Fsp3) is 0.333. The minimum Gasteiger partial charge on any atom is -0.508 e. The quantitative estimate of drug-likeness (QED) is 0.0600. The average molecular weight is 923 g/mol. The van der Waals surface area contributed by atoms with Crippen molar-refractivity contribution >= 4 is 40.5 Å². The number of aryl methyl sites for hydroxylation is 1. The summed E-state index contributed by atoms with van der Waals surface area (Å²) in [5.41, 5.74) is -1.56. The summed E-state index contributed by atoms with van der Waals surface area (Å²) in [6.45, 7) is 0. The highest BCUT2D eigenvalue weighted by Crippen LogP contribution is 2.49. The van der Waals surface area contributed by atoms with Crippen molar-refractivity contribution in [1.29, 1.82) is 0 Å². The van der Waals surface area contributed by atoms with Crippen LogP contribution in [0.2, 0.25) is 0 Å². The van der Waals surface area contributed by atoms with Crippen LogP contribution in [-0.4, -0.2) is 116 Å². The lowest BCUT2D eigenvalue weighted by atomic mass is 9.80. The van der Waals surface area contributed by atoms with Gasteiger partial charge in [-0.25, -0.2) is 0 Å². The highest BCUT2D eigenvalue weighted by Gasteiger charge is 2.32. The lowest BCUT2D eigenvalue weighted by Crippen LogP contribution is -2.15. The van der Waals surface area contributed by atoms with Crippen molar-refractivity contribution in [2.24, 2.45) is 0 Å². The summed E-state index contributed by atoms with van der Waals surface area (Å²) in [5, 5.41) is 86.9. The molecule has 12 N–H and O–H groups in total. The Hall–Kier alpha value is -5.08. The molecule has 3 unspecified atom stereocenters. The van der Waals surface area contributed by atoms with Crippen LogP contribution in [0.1, 0.15) is 82.4 Å². The summed E-state index contributed by atoms with van der Waals surface area (Å²) in [6.07, 6.45) is -2.31. The largest absolute Gasteiger partial charge is 0.508 e. The van der Waals surface area contributed by atoms with E-state index in [4.69, 9.17) is 4.55 Å². The first-order chi connectivity index (χ1) is 27.5. The molecular weight excluding hydrogens is 881 g/mol. The van der Waals surface area contributed by atoms with Gasteiger partial charge in [0.25, 0.3) is 40.5 Å². The second-order valence-corrected chi connectivity index (χ2v) is 20.3. The number of benzene rings is 4. The number of aromatic hydroxyl groups is 8. The van der Waals surface area contributed by atoms with Crippen molar-refractivity contribution in [3.05, 3.63) is 93.5 Å². The highest BCUT2D eigenvalue weighted by atomic mass is 32.2. The zero-order chi connectivity index (χ0) is 45.1. The van der Waals surface area contributed by atoms with Crippen molar-refractivity contribution in [1.82, 2.24) is 0 Å². The van der Waals surface area contributed by atoms with Crippen molar-refractivity contribution < 1.29 is 92.7 Å². The standard InChI is InChI=1S/C36H42O20S4/c37-20-3-4-24(31(39)13-20)21(5-9-58(48,49)50)26-14-28(35(43)17-33(26)41)23(7-11-60(54,55)56)29-15-27(34(42)18-36(29)44)22(6-10-59(51,52)53)25-12-19(30(38)16-32(25)40)2-1-8-57(45,46)47/h3-4,12-18,21-23,37-44H,1-2,5-11H2,(H,45,46,47)(H,48,49,50)(H,51,52,53)(H,54,55,56). The average Bonchev–Trinajstić information content (AvgIpc) is 3.08. The van der Waals surface area contributed by atoms with E-state index in [1.54, 1.807) is 0 Å². The van der Waals surface area contributed by atoms with Gasteiger partial charge in [-0.1, -0.05) is 6.07 Å². The minimum atomic E-state index is -4.83. The number of hydrogen-bond acceptors (Lipinski definition) is 16. The molecular formula is C36H42O20S4. The molecule has 0 aliphatic rings. The third kappa shape index (κ3) is 13.0. The second kappa shape index (κ2) is 18.3. The fourth-order valence-electron chi connectivity index (χ4n) is 6.97. The molecule has 24 heteroatoms. The highest BCUT2D eigenvalue weighted by molar-refractivity contribution is 7.86. The van der Waals surface area contributed by atoms with E-state index in [-0.39, 0.29) is 51.8 Å². The Bertz CT molecular complexity index is 2700. The Balaban J connectivity index is 2.00. The minimum absolute atomic E-state index is 0.0161. The van der Waals surface area contributed by atoms with Crippen LogP contribution in [-0.2, 0) is 46.9 Å². The van der Waals surface area contributed by atoms with Gasteiger partial charge in [0.15, 0.2) is 0 Å². The van der Waals surface area contributed by atoms with Gasteiger partial charge in [-0.3, -0.25) is 18.2 Å². The predicted octanol–water partition coefficient (Wildman–Crippen LogP) is 3.38. The van der Waals surface area contributed by atoms with E-state index in [0.29, 0.717) is 0 Å². The lowest BCUT2D eigenvalue weighted by Gasteiger charge is -2.26. The summed E-state index contributed by atoms with van der Waals surface area (Å²) >= 11 is 0. The van der Waals surface area contributed by atoms with Gasteiger partial charge in [0.05, 0.1) is 23.0 Å². The molecule has 0 spiro atoms. The molecule has 4 rings (SSSR count). The van der Waals surface area contributed by atoms with Crippen molar-refractivity contribution in [3.8, 4) is 46.0 Å². The molecule has 4 aromatic rings. The Morgan fingerprint density at radius 1 is 0.367 bits per heavy atom. The van der Waals surface area contributed by atoms with Gasteiger partial charge in [-0.2, -0.15) is 33.7 Å². The number of phenols is 8. The molecule has 0 aromatic heterocycles. The normalized spacial score (nSPS) is 14.1. The molecule has 330 valence electrons. The van der Waals surface area contributed by atoms with E-state index < -0.39 is 146 Å². The summed E-state index contributed by atoms with van der Waals surface area (Å²) in [4.78, 5) is 0. The SMILES string of the molecule is O=S(=O)(O)CCCc1cc(C(CCS(=O)(=O)O)c2cc(C(CCS(=O)(=O)O)c3cc(C(CCS(=O)(=O)O)c4ccc(O)cc4O)c(O)cc3O)c(O)cc2O)c(O)cc1O. The van der Waals surface area contributed by atoms with Crippen LogP contribution in [0.4, 0.5) is 0 Å². The monoisotopic (exact) mass is 922 g/mol. The maximum Gasteiger partial charge on any atom is 0.264 e. The zero-order valence-corrected chi connectivity index (χ0v) is 34.3. The summed E-state index contributed by atoms with van der Waals surface area (Å²) < 4.78 is 133. The van der Waals surface area contributed by atoms with Crippen LogP contribution in [0.25, 0.3) is 0 Å². The van der Waals surface area contributed by atoms with Crippen molar-refractivity contribution in [2.45, 2.75) is 49.9 Å². The third-order valence-corrected chi connectivity index (χ3v) is 12.7. The molecule has 4 aromatic carbocycles. The Morgan fingerprint density at radius 3 is 1.03 bits per heavy atom. The van der Waals surface area contributed by atoms with E-state index in [0.717, 1.165) is 48.5 Å². The summed E-state index contributed by atoms with van der Waals surface area (Å²) in [7, 11) is -18.7. The molecule has 60 heavy (non-hydrogen) atoms. The first kappa shape index (κ1) is 47.6. The van der Waals surface area contributed by atoms with E-state index in [9.17, 15) is 88.2 Å². The van der Waals surface area contributed by atoms with Gasteiger partial charge >= 0.3 is 0 Å². The van der Waals surface area contributed by atoms with E-state index in [2.05, 4.69) is 0 Å². The molecule has 0 amide bonds. The van der Waals surface area contributed by atoms with E-state index >= 15 is 0 Å². The van der Waals surface area contributed by atoms with Crippen LogP contribution >= 0.6 is 0 Å². The molecule has 0 saturated carbocycles. The zero-order valence-electron chi connectivity index (χ0n) is 31.1. The topological polar surface area (TPSA) is 379 Å². The molecule has 0 fully saturated rings. The number of phenolic OH excluding ortho intramolecular Hbond substituents is 8. The second-order valence-electron chi connectivity index (χ2n) is 14.0. The number of rotatable bonds is 19. The predicted molar refractivity (Wildman–Crippen MR) is 212 cm³/mol. The lowest BCUT2D eigenvalue weighted by molar-refractivity contribution is 0.424. The van der Waals surface area contributed by atoms with Crippen LogP contribution in [0.15, 0.2) is 54.6 Å². The molecule has 3 atom stereocenters. The van der Waals surface area contributed by atoms with Crippen molar-refractivity contribution in [2.75, 3.05) is 23.0 Å². The number of hydrogen-bond donors (Lipinski definition) is 12. The maximum absolute atomic E-state index is 12.1. The first-order valence-corrected chi connectivity index (χ1v) is 24.0. The van der Waals surface area contributed by atoms with Gasteiger partial charge in [-0.05, 0) is 61.9 Å². The molecule has 0 aliphatic heterocycles. The van der Waals surface area contributed by atoms with Crippen LogP contribution < -0.4 is 0 Å². The van der Waals surface area contributed by atoms with Crippen LogP contribution in [0.3, 0.4) is 0 Å². The smallest absolute Gasteiger partial charge is 0.264 e. The summed E-state index contributed by atoms with van der Waals surface area (Å²) in [6, 6.07) is 8.70. The van der Waals surface area contributed by atoms with Gasteiger partial charge in [0.1, 0.15) is 46.0 Å². The maximum atomic E-state index is 12.1. The molecule has 20 nitrogen and oxygen atoms in total. The van der Waals surface area contributed by atoms with Crippen molar-refractivity contribution in [3.63, 3.8) is 0 Å². The van der Waals surface area contributed by atoms with Gasteiger partial charge in [0, 0.05) is 75.4 Å².